The molecule has 0 N–H and O–H groups in total. The summed E-state index contributed by atoms with van der Waals surface area (Å²) < 4.78 is 9.87. The molecule has 0 bridgehead atoms. The zero-order chi connectivity index (χ0) is 12.0. The zero-order valence-corrected chi connectivity index (χ0v) is 8.93. The van der Waals surface area contributed by atoms with Gasteiger partial charge in [-0.1, -0.05) is 12.7 Å². The third-order valence-corrected chi connectivity index (χ3v) is 1.90. The van der Waals surface area contributed by atoms with Gasteiger partial charge >= 0.3 is 5.97 Å². The second-order valence-electron chi connectivity index (χ2n) is 2.96. The maximum atomic E-state index is 11.4. The molecule has 1 aromatic rings. The lowest BCUT2D eigenvalue weighted by Crippen LogP contribution is -2.06. The molecule has 84 valence electrons. The Morgan fingerprint density at radius 2 is 2.25 bits per heavy atom. The van der Waals surface area contributed by atoms with Crippen LogP contribution in [0.3, 0.4) is 0 Å². The van der Waals surface area contributed by atoms with E-state index in [1.165, 1.54) is 13.2 Å². The molecule has 0 spiro atoms. The van der Waals surface area contributed by atoms with Crippen LogP contribution in [0.25, 0.3) is 0 Å². The SMILES string of the molecule is C=CCOc1ccc(C=O)cc1C(=O)OC. The highest BCUT2D eigenvalue weighted by Crippen LogP contribution is 2.20. The van der Waals surface area contributed by atoms with E-state index in [1.54, 1.807) is 18.2 Å². The normalized spacial score (nSPS) is 9.31. The lowest BCUT2D eigenvalue weighted by atomic mass is 10.1. The van der Waals surface area contributed by atoms with Crippen LogP contribution in [-0.2, 0) is 4.74 Å². The first-order chi connectivity index (χ1) is 7.72. The fraction of sp³-hybridized carbons (Fsp3) is 0.167. The first kappa shape index (κ1) is 12.0. The molecule has 0 aliphatic rings. The minimum absolute atomic E-state index is 0.231. The molecule has 0 heterocycles. The highest BCUT2D eigenvalue weighted by atomic mass is 16.5. The van der Waals surface area contributed by atoms with Gasteiger partial charge in [0.2, 0.25) is 0 Å². The smallest absolute Gasteiger partial charge is 0.341 e. The minimum atomic E-state index is -0.539. The maximum Gasteiger partial charge on any atom is 0.341 e. The quantitative estimate of drug-likeness (QED) is 0.431. The van der Waals surface area contributed by atoms with E-state index in [9.17, 15) is 9.59 Å². The van der Waals surface area contributed by atoms with E-state index in [2.05, 4.69) is 11.3 Å². The molecule has 1 rings (SSSR count). The molecule has 0 saturated heterocycles. The molecular formula is C12H12O4. The van der Waals surface area contributed by atoms with Gasteiger partial charge in [0, 0.05) is 5.56 Å². The van der Waals surface area contributed by atoms with Gasteiger partial charge in [0.05, 0.1) is 7.11 Å². The van der Waals surface area contributed by atoms with Crippen molar-refractivity contribution in [2.24, 2.45) is 0 Å². The molecule has 0 amide bonds. The summed E-state index contributed by atoms with van der Waals surface area (Å²) in [4.78, 5) is 22.0. The number of hydrogen-bond acceptors (Lipinski definition) is 4. The van der Waals surface area contributed by atoms with E-state index in [-0.39, 0.29) is 12.2 Å². The summed E-state index contributed by atoms with van der Waals surface area (Å²) in [5.74, 6) is -0.167. The van der Waals surface area contributed by atoms with Crippen LogP contribution in [0.15, 0.2) is 30.9 Å². The monoisotopic (exact) mass is 220 g/mol. The fourth-order valence-electron chi connectivity index (χ4n) is 1.16. The Hall–Kier alpha value is -2.10. The Balaban J connectivity index is 3.10. The number of hydrogen-bond donors (Lipinski definition) is 0. The molecule has 4 nitrogen and oxygen atoms in total. The average Bonchev–Trinajstić information content (AvgIpc) is 2.35. The van der Waals surface area contributed by atoms with Crippen molar-refractivity contribution < 1.29 is 19.1 Å². The summed E-state index contributed by atoms with van der Waals surface area (Å²) in [6, 6.07) is 4.55. The van der Waals surface area contributed by atoms with Crippen LogP contribution in [0.5, 0.6) is 5.75 Å². The van der Waals surface area contributed by atoms with Gasteiger partial charge < -0.3 is 9.47 Å². The van der Waals surface area contributed by atoms with Gasteiger partial charge in [0.15, 0.2) is 0 Å². The molecule has 4 heteroatoms. The zero-order valence-electron chi connectivity index (χ0n) is 8.93. The number of carbonyl (C=O) groups is 2. The fourth-order valence-corrected chi connectivity index (χ4v) is 1.16. The molecule has 16 heavy (non-hydrogen) atoms. The standard InChI is InChI=1S/C12H12O4/c1-3-6-16-11-5-4-9(8-13)7-10(11)12(14)15-2/h3-5,7-8H,1,6H2,2H3. The number of ether oxygens (including phenoxy) is 2. The molecule has 0 saturated carbocycles. The number of aldehydes is 1. The van der Waals surface area contributed by atoms with E-state index >= 15 is 0 Å². The molecule has 0 aromatic heterocycles. The van der Waals surface area contributed by atoms with Crippen molar-refractivity contribution in [3.63, 3.8) is 0 Å². The van der Waals surface area contributed by atoms with Crippen LogP contribution >= 0.6 is 0 Å². The average molecular weight is 220 g/mol. The molecule has 0 fully saturated rings. The van der Waals surface area contributed by atoms with Gasteiger partial charge in [-0.15, -0.1) is 0 Å². The van der Waals surface area contributed by atoms with E-state index in [0.29, 0.717) is 17.6 Å². The van der Waals surface area contributed by atoms with E-state index in [0.717, 1.165) is 0 Å². The Bertz CT molecular complexity index is 409. The minimum Gasteiger partial charge on any atom is -0.489 e. The van der Waals surface area contributed by atoms with Crippen molar-refractivity contribution in [2.45, 2.75) is 0 Å². The van der Waals surface area contributed by atoms with Crippen molar-refractivity contribution in [3.05, 3.63) is 42.0 Å². The Labute approximate surface area is 93.5 Å². The van der Waals surface area contributed by atoms with Crippen LogP contribution in [0.4, 0.5) is 0 Å². The van der Waals surface area contributed by atoms with Gasteiger partial charge in [-0.25, -0.2) is 4.79 Å². The van der Waals surface area contributed by atoms with Crippen molar-refractivity contribution in [1.82, 2.24) is 0 Å². The molecule has 0 radical (unpaired) electrons. The second-order valence-corrected chi connectivity index (χ2v) is 2.96. The van der Waals surface area contributed by atoms with Gasteiger partial charge in [-0.2, -0.15) is 0 Å². The van der Waals surface area contributed by atoms with Crippen molar-refractivity contribution in [2.75, 3.05) is 13.7 Å². The van der Waals surface area contributed by atoms with Crippen molar-refractivity contribution in [3.8, 4) is 5.75 Å². The summed E-state index contributed by atoms with van der Waals surface area (Å²) in [5, 5.41) is 0. The topological polar surface area (TPSA) is 52.6 Å². The summed E-state index contributed by atoms with van der Waals surface area (Å²) in [5.41, 5.74) is 0.625. The number of methoxy groups -OCH3 is 1. The molecular weight excluding hydrogens is 208 g/mol. The Morgan fingerprint density at radius 3 is 2.81 bits per heavy atom. The van der Waals surface area contributed by atoms with Gasteiger partial charge in [0.25, 0.3) is 0 Å². The van der Waals surface area contributed by atoms with Crippen LogP contribution in [0.2, 0.25) is 0 Å². The van der Waals surface area contributed by atoms with E-state index < -0.39 is 5.97 Å². The predicted octanol–water partition coefficient (Wildman–Crippen LogP) is 1.85. The number of benzene rings is 1. The number of carbonyl (C=O) groups excluding carboxylic acids is 2. The molecule has 0 atom stereocenters. The lowest BCUT2D eigenvalue weighted by Gasteiger charge is -2.08. The Morgan fingerprint density at radius 1 is 1.50 bits per heavy atom. The van der Waals surface area contributed by atoms with Gasteiger partial charge in [0.1, 0.15) is 24.2 Å². The van der Waals surface area contributed by atoms with Crippen LogP contribution in [-0.4, -0.2) is 26.0 Å². The summed E-state index contributed by atoms with van der Waals surface area (Å²) in [6.45, 7) is 3.79. The first-order valence-electron chi connectivity index (χ1n) is 4.64. The van der Waals surface area contributed by atoms with E-state index in [4.69, 9.17) is 4.74 Å². The number of esters is 1. The summed E-state index contributed by atoms with van der Waals surface area (Å²) >= 11 is 0. The largest absolute Gasteiger partial charge is 0.489 e. The lowest BCUT2D eigenvalue weighted by molar-refractivity contribution is 0.0596. The third-order valence-electron chi connectivity index (χ3n) is 1.90. The highest BCUT2D eigenvalue weighted by Gasteiger charge is 2.13. The van der Waals surface area contributed by atoms with E-state index in [1.807, 2.05) is 0 Å². The van der Waals surface area contributed by atoms with Crippen molar-refractivity contribution >= 4 is 12.3 Å². The van der Waals surface area contributed by atoms with Gasteiger partial charge in [-0.3, -0.25) is 4.79 Å². The predicted molar refractivity (Wildman–Crippen MR) is 58.9 cm³/mol. The van der Waals surface area contributed by atoms with Gasteiger partial charge in [-0.05, 0) is 18.2 Å². The second kappa shape index (κ2) is 5.70. The third kappa shape index (κ3) is 2.70. The molecule has 0 aliphatic carbocycles. The van der Waals surface area contributed by atoms with Crippen LogP contribution in [0.1, 0.15) is 20.7 Å². The van der Waals surface area contributed by atoms with Crippen LogP contribution in [0, 0.1) is 0 Å². The maximum absolute atomic E-state index is 11.4. The van der Waals surface area contributed by atoms with Crippen molar-refractivity contribution in [1.29, 1.82) is 0 Å². The Kier molecular flexibility index (Phi) is 4.27. The molecule has 1 aromatic carbocycles. The highest BCUT2D eigenvalue weighted by molar-refractivity contribution is 5.94. The summed E-state index contributed by atoms with van der Waals surface area (Å²) in [6.07, 6.45) is 2.22. The summed E-state index contributed by atoms with van der Waals surface area (Å²) in [7, 11) is 1.27. The molecule has 0 aliphatic heterocycles. The number of rotatable bonds is 5. The first-order valence-corrected chi connectivity index (χ1v) is 4.64. The molecule has 0 unspecified atom stereocenters. The van der Waals surface area contributed by atoms with Crippen LogP contribution < -0.4 is 4.74 Å².